The number of nitrogens with zero attached hydrogens (tertiary/aromatic N) is 1. The maximum absolute atomic E-state index is 11.7. The van der Waals surface area contributed by atoms with E-state index in [1.807, 2.05) is 18.4 Å². The molecular weight excluding hydrogens is 292 g/mol. The summed E-state index contributed by atoms with van der Waals surface area (Å²) in [6, 6.07) is 8.21. The Balaban J connectivity index is 2.04. The molecule has 0 unspecified atom stereocenters. The Labute approximate surface area is 130 Å². The van der Waals surface area contributed by atoms with E-state index in [-0.39, 0.29) is 11.9 Å². The van der Waals surface area contributed by atoms with Crippen molar-refractivity contribution in [3.8, 4) is 0 Å². The third kappa shape index (κ3) is 4.40. The Morgan fingerprint density at radius 2 is 2.00 bits per heavy atom. The highest BCUT2D eigenvalue weighted by molar-refractivity contribution is 7.99. The molecule has 0 spiro atoms. The van der Waals surface area contributed by atoms with Crippen molar-refractivity contribution in [3.05, 3.63) is 34.9 Å². The lowest BCUT2D eigenvalue weighted by molar-refractivity contribution is -0.118. The fourth-order valence-electron chi connectivity index (χ4n) is 2.59. The molecule has 3 nitrogen and oxygen atoms in total. The molecule has 0 aromatic heterocycles. The molecule has 0 saturated carbocycles. The predicted octanol–water partition coefficient (Wildman–Crippen LogP) is 2.96. The predicted molar refractivity (Wildman–Crippen MR) is 86.4 cm³/mol. The van der Waals surface area contributed by atoms with E-state index >= 15 is 0 Å². The van der Waals surface area contributed by atoms with E-state index in [1.165, 1.54) is 18.4 Å². The topological polar surface area (TPSA) is 32.3 Å². The first-order valence-electron chi connectivity index (χ1n) is 6.96. The number of carbonyl (C=O) groups excluding carboxylic acids is 1. The molecule has 1 N–H and O–H groups in total. The maximum atomic E-state index is 11.7. The number of hydrogen-bond acceptors (Lipinski definition) is 3. The van der Waals surface area contributed by atoms with Gasteiger partial charge >= 0.3 is 0 Å². The lowest BCUT2D eigenvalue weighted by atomic mass is 10.1. The van der Waals surface area contributed by atoms with Gasteiger partial charge in [-0.3, -0.25) is 9.69 Å². The number of benzene rings is 1. The van der Waals surface area contributed by atoms with Gasteiger partial charge < -0.3 is 5.32 Å². The number of rotatable bonds is 6. The van der Waals surface area contributed by atoms with Gasteiger partial charge in [0.2, 0.25) is 5.91 Å². The Kier molecular flexibility index (Phi) is 6.20. The van der Waals surface area contributed by atoms with Crippen molar-refractivity contribution >= 4 is 29.3 Å². The normalized spacial score (nSPS) is 17.1. The van der Waals surface area contributed by atoms with Crippen molar-refractivity contribution in [2.24, 2.45) is 0 Å². The largest absolute Gasteiger partial charge is 0.353 e. The summed E-state index contributed by atoms with van der Waals surface area (Å²) in [5.74, 6) is 0.628. The summed E-state index contributed by atoms with van der Waals surface area (Å²) in [5.41, 5.74) is 1.22. The molecule has 1 aromatic rings. The summed E-state index contributed by atoms with van der Waals surface area (Å²) in [6.45, 7) is 2.87. The summed E-state index contributed by atoms with van der Waals surface area (Å²) in [7, 11) is 0. The van der Waals surface area contributed by atoms with Crippen LogP contribution >= 0.6 is 23.4 Å². The second-order valence-electron chi connectivity index (χ2n) is 5.05. The Hall–Kier alpha value is -0.710. The van der Waals surface area contributed by atoms with Gasteiger partial charge in [0.05, 0.1) is 11.8 Å². The minimum absolute atomic E-state index is 0.107. The van der Waals surface area contributed by atoms with Gasteiger partial charge in [0.1, 0.15) is 0 Å². The quantitative estimate of drug-likeness (QED) is 0.876. The number of thioether (sulfide) groups is 1. The Bertz CT molecular complexity index is 432. The fourth-order valence-corrected chi connectivity index (χ4v) is 3.08. The van der Waals surface area contributed by atoms with E-state index in [9.17, 15) is 4.79 Å². The number of nitrogens with one attached hydrogen (secondary N) is 1. The van der Waals surface area contributed by atoms with Crippen LogP contribution in [0.1, 0.15) is 24.4 Å². The van der Waals surface area contributed by atoms with Gasteiger partial charge in [0, 0.05) is 11.6 Å². The molecule has 0 radical (unpaired) electrons. The van der Waals surface area contributed by atoms with E-state index in [4.69, 9.17) is 11.6 Å². The SMILES string of the molecule is CSCC(=O)NC[C@@H](c1ccc(Cl)cc1)N1CCCC1. The van der Waals surface area contributed by atoms with Crippen LogP contribution in [0.2, 0.25) is 5.02 Å². The Morgan fingerprint density at radius 3 is 2.60 bits per heavy atom. The molecule has 1 saturated heterocycles. The molecule has 0 bridgehead atoms. The molecule has 5 heteroatoms. The van der Waals surface area contributed by atoms with E-state index in [2.05, 4.69) is 22.3 Å². The van der Waals surface area contributed by atoms with E-state index in [0.29, 0.717) is 12.3 Å². The molecule has 1 atom stereocenters. The monoisotopic (exact) mass is 312 g/mol. The minimum Gasteiger partial charge on any atom is -0.353 e. The molecule has 1 amide bonds. The van der Waals surface area contributed by atoms with Gasteiger partial charge in [-0.1, -0.05) is 23.7 Å². The highest BCUT2D eigenvalue weighted by atomic mass is 35.5. The molecule has 110 valence electrons. The van der Waals surface area contributed by atoms with Gasteiger partial charge in [-0.15, -0.1) is 0 Å². The van der Waals surface area contributed by atoms with Crippen LogP contribution in [0.3, 0.4) is 0 Å². The van der Waals surface area contributed by atoms with Crippen LogP contribution in [0.15, 0.2) is 24.3 Å². The molecule has 1 heterocycles. The molecule has 1 fully saturated rings. The van der Waals surface area contributed by atoms with Gasteiger partial charge in [0.25, 0.3) is 0 Å². The van der Waals surface area contributed by atoms with E-state index in [0.717, 1.165) is 18.1 Å². The summed E-state index contributed by atoms with van der Waals surface area (Å²) in [4.78, 5) is 14.1. The summed E-state index contributed by atoms with van der Waals surface area (Å²) >= 11 is 7.51. The minimum atomic E-state index is 0.107. The second-order valence-corrected chi connectivity index (χ2v) is 6.35. The number of amides is 1. The smallest absolute Gasteiger partial charge is 0.230 e. The standard InChI is InChI=1S/C15H21ClN2OS/c1-20-11-15(19)17-10-14(18-8-2-3-9-18)12-4-6-13(16)7-5-12/h4-7,14H,2-3,8-11H2,1H3,(H,17,19)/t14-/m0/s1. The summed E-state index contributed by atoms with van der Waals surface area (Å²) in [5, 5.41) is 3.79. The van der Waals surface area contributed by atoms with Crippen molar-refractivity contribution in [2.75, 3.05) is 31.6 Å². The van der Waals surface area contributed by atoms with Crippen LogP contribution in [0, 0.1) is 0 Å². The highest BCUT2D eigenvalue weighted by Gasteiger charge is 2.23. The summed E-state index contributed by atoms with van der Waals surface area (Å²) < 4.78 is 0. The lowest BCUT2D eigenvalue weighted by Gasteiger charge is -2.28. The molecule has 1 aliphatic heterocycles. The zero-order valence-corrected chi connectivity index (χ0v) is 13.3. The summed E-state index contributed by atoms with van der Waals surface area (Å²) in [6.07, 6.45) is 4.42. The van der Waals surface area contributed by atoms with Crippen LogP contribution in [0.25, 0.3) is 0 Å². The lowest BCUT2D eigenvalue weighted by Crippen LogP contribution is -2.37. The van der Waals surface area contributed by atoms with Crippen molar-refractivity contribution < 1.29 is 4.79 Å². The zero-order valence-electron chi connectivity index (χ0n) is 11.8. The molecule has 20 heavy (non-hydrogen) atoms. The number of carbonyl (C=O) groups is 1. The third-order valence-electron chi connectivity index (χ3n) is 3.60. The molecular formula is C15H21ClN2OS. The molecule has 1 aliphatic rings. The van der Waals surface area contributed by atoms with Crippen LogP contribution in [-0.4, -0.2) is 42.4 Å². The maximum Gasteiger partial charge on any atom is 0.230 e. The van der Waals surface area contributed by atoms with Crippen LogP contribution < -0.4 is 5.32 Å². The van der Waals surface area contributed by atoms with Crippen molar-refractivity contribution in [1.82, 2.24) is 10.2 Å². The molecule has 1 aromatic carbocycles. The van der Waals surface area contributed by atoms with E-state index in [1.54, 1.807) is 11.8 Å². The zero-order chi connectivity index (χ0) is 14.4. The van der Waals surface area contributed by atoms with Crippen molar-refractivity contribution in [3.63, 3.8) is 0 Å². The number of halogens is 1. The first-order valence-corrected chi connectivity index (χ1v) is 8.73. The van der Waals surface area contributed by atoms with Crippen molar-refractivity contribution in [1.29, 1.82) is 0 Å². The van der Waals surface area contributed by atoms with E-state index < -0.39 is 0 Å². The average molecular weight is 313 g/mol. The van der Waals surface area contributed by atoms with Gasteiger partial charge in [0.15, 0.2) is 0 Å². The van der Waals surface area contributed by atoms with Crippen LogP contribution in [0.4, 0.5) is 0 Å². The second kappa shape index (κ2) is 7.91. The van der Waals surface area contributed by atoms with Crippen LogP contribution in [0.5, 0.6) is 0 Å². The molecule has 2 rings (SSSR count). The van der Waals surface area contributed by atoms with Crippen molar-refractivity contribution in [2.45, 2.75) is 18.9 Å². The van der Waals surface area contributed by atoms with Gasteiger partial charge in [-0.25, -0.2) is 0 Å². The number of likely N-dealkylation sites (tertiary alicyclic amines) is 1. The number of hydrogen-bond donors (Lipinski definition) is 1. The molecule has 0 aliphatic carbocycles. The first kappa shape index (κ1) is 15.7. The van der Waals surface area contributed by atoms with Gasteiger partial charge in [-0.05, 0) is 49.9 Å². The van der Waals surface area contributed by atoms with Gasteiger partial charge in [-0.2, -0.15) is 11.8 Å². The van der Waals surface area contributed by atoms with Crippen LogP contribution in [-0.2, 0) is 4.79 Å². The Morgan fingerprint density at radius 1 is 1.35 bits per heavy atom. The highest BCUT2D eigenvalue weighted by Crippen LogP contribution is 2.25. The average Bonchev–Trinajstić information content (AvgIpc) is 2.95. The first-order chi connectivity index (χ1) is 9.70. The fraction of sp³-hybridized carbons (Fsp3) is 0.533. The third-order valence-corrected chi connectivity index (χ3v) is 4.41.